The first kappa shape index (κ1) is 12.0. The minimum atomic E-state index is 0.717. The number of aromatic nitrogens is 3. The summed E-state index contributed by atoms with van der Waals surface area (Å²) in [5.41, 5.74) is 4.11. The van der Waals surface area contributed by atoms with E-state index in [1.165, 1.54) is 0 Å². The molecule has 1 aliphatic heterocycles. The number of benzene rings is 2. The van der Waals surface area contributed by atoms with Gasteiger partial charge in [0.1, 0.15) is 5.82 Å². The lowest BCUT2D eigenvalue weighted by molar-refractivity contribution is 0.947. The molecule has 0 spiro atoms. The number of aliphatic imine (C=N–C) groups is 1. The fourth-order valence-electron chi connectivity index (χ4n) is 2.68. The van der Waals surface area contributed by atoms with Crippen LogP contribution in [0.3, 0.4) is 0 Å². The average Bonchev–Trinajstić information content (AvgIpc) is 2.86. The van der Waals surface area contributed by atoms with Crippen LogP contribution < -0.4 is 0 Å². The van der Waals surface area contributed by atoms with Gasteiger partial charge in [-0.3, -0.25) is 9.56 Å². The Bertz CT molecular complexity index is 831. The van der Waals surface area contributed by atoms with E-state index in [0.29, 0.717) is 6.42 Å². The van der Waals surface area contributed by atoms with E-state index < -0.39 is 0 Å². The summed E-state index contributed by atoms with van der Waals surface area (Å²) in [6.07, 6.45) is 0.717. The van der Waals surface area contributed by atoms with Gasteiger partial charge in [-0.15, -0.1) is 10.2 Å². The first-order chi connectivity index (χ1) is 10.3. The second-order valence-corrected chi connectivity index (χ2v) is 5.15. The van der Waals surface area contributed by atoms with Crippen molar-refractivity contribution in [3.8, 4) is 17.1 Å². The summed E-state index contributed by atoms with van der Waals surface area (Å²) in [5.74, 6) is 1.79. The molecule has 4 nitrogen and oxygen atoms in total. The van der Waals surface area contributed by atoms with E-state index in [0.717, 1.165) is 34.3 Å². The zero-order chi connectivity index (χ0) is 14.2. The topological polar surface area (TPSA) is 43.1 Å². The first-order valence-corrected chi connectivity index (χ1v) is 6.96. The summed E-state index contributed by atoms with van der Waals surface area (Å²) in [6.45, 7) is 2.03. The molecular formula is C17H14N4. The molecule has 0 saturated heterocycles. The summed E-state index contributed by atoms with van der Waals surface area (Å²) >= 11 is 0. The molecule has 0 unspecified atom stereocenters. The number of nitrogens with zero attached hydrogens (tertiary/aromatic N) is 4. The van der Waals surface area contributed by atoms with Crippen molar-refractivity contribution in [2.24, 2.45) is 4.99 Å². The van der Waals surface area contributed by atoms with Crippen LogP contribution in [0.2, 0.25) is 0 Å². The van der Waals surface area contributed by atoms with E-state index in [1.807, 2.05) is 43.3 Å². The summed E-state index contributed by atoms with van der Waals surface area (Å²) in [7, 11) is 0. The largest absolute Gasteiger partial charge is 0.276 e. The highest BCUT2D eigenvalue weighted by Crippen LogP contribution is 2.31. The van der Waals surface area contributed by atoms with Gasteiger partial charge < -0.3 is 0 Å². The minimum Gasteiger partial charge on any atom is -0.276 e. The zero-order valence-electron chi connectivity index (χ0n) is 11.7. The number of fused-ring (bicyclic) bond motifs is 3. The highest BCUT2D eigenvalue weighted by molar-refractivity contribution is 5.88. The fraction of sp³-hybridized carbons (Fsp3) is 0.118. The second kappa shape index (κ2) is 4.66. The summed E-state index contributed by atoms with van der Waals surface area (Å²) in [5, 5.41) is 8.78. The average molecular weight is 274 g/mol. The van der Waals surface area contributed by atoms with Crippen LogP contribution in [0.15, 0.2) is 59.6 Å². The summed E-state index contributed by atoms with van der Waals surface area (Å²) in [4.78, 5) is 4.69. The van der Waals surface area contributed by atoms with Crippen molar-refractivity contribution in [2.75, 3.05) is 0 Å². The Morgan fingerprint density at radius 1 is 0.905 bits per heavy atom. The maximum Gasteiger partial charge on any atom is 0.168 e. The van der Waals surface area contributed by atoms with Crippen LogP contribution in [-0.2, 0) is 6.42 Å². The monoisotopic (exact) mass is 274 g/mol. The molecule has 4 rings (SSSR count). The quantitative estimate of drug-likeness (QED) is 0.680. The Balaban J connectivity index is 2.01. The molecule has 0 fully saturated rings. The van der Waals surface area contributed by atoms with Gasteiger partial charge in [-0.1, -0.05) is 42.5 Å². The molecule has 0 aliphatic carbocycles. The summed E-state index contributed by atoms with van der Waals surface area (Å²) < 4.78 is 2.12. The van der Waals surface area contributed by atoms with Crippen molar-refractivity contribution in [1.82, 2.24) is 14.8 Å². The Labute approximate surface area is 122 Å². The SMILES string of the molecule is CC1=Nc2ccccc2-n2c(nnc2-c2ccccc2)C1. The minimum absolute atomic E-state index is 0.717. The van der Waals surface area contributed by atoms with E-state index >= 15 is 0 Å². The van der Waals surface area contributed by atoms with Gasteiger partial charge in [0.2, 0.25) is 0 Å². The van der Waals surface area contributed by atoms with Gasteiger partial charge in [-0.25, -0.2) is 0 Å². The molecule has 2 heterocycles. The van der Waals surface area contributed by atoms with Gasteiger partial charge in [0, 0.05) is 17.7 Å². The van der Waals surface area contributed by atoms with Crippen molar-refractivity contribution in [2.45, 2.75) is 13.3 Å². The molecule has 3 aromatic rings. The van der Waals surface area contributed by atoms with E-state index in [2.05, 4.69) is 38.0 Å². The Morgan fingerprint density at radius 2 is 1.67 bits per heavy atom. The van der Waals surface area contributed by atoms with Gasteiger partial charge in [0.05, 0.1) is 11.4 Å². The Morgan fingerprint density at radius 3 is 2.52 bits per heavy atom. The van der Waals surface area contributed by atoms with E-state index in [-0.39, 0.29) is 0 Å². The van der Waals surface area contributed by atoms with Crippen LogP contribution in [0.1, 0.15) is 12.7 Å². The van der Waals surface area contributed by atoms with Gasteiger partial charge >= 0.3 is 0 Å². The smallest absolute Gasteiger partial charge is 0.168 e. The van der Waals surface area contributed by atoms with Crippen LogP contribution in [0.5, 0.6) is 0 Å². The molecule has 0 atom stereocenters. The third-order valence-electron chi connectivity index (χ3n) is 3.61. The predicted molar refractivity (Wildman–Crippen MR) is 83.3 cm³/mol. The lowest BCUT2D eigenvalue weighted by Gasteiger charge is -2.10. The predicted octanol–water partition coefficient (Wildman–Crippen LogP) is 3.58. The van der Waals surface area contributed by atoms with Crippen LogP contribution >= 0.6 is 0 Å². The van der Waals surface area contributed by atoms with Gasteiger partial charge in [-0.2, -0.15) is 0 Å². The molecule has 1 aliphatic rings. The number of hydrogen-bond acceptors (Lipinski definition) is 3. The number of para-hydroxylation sites is 2. The fourth-order valence-corrected chi connectivity index (χ4v) is 2.68. The Kier molecular flexibility index (Phi) is 2.67. The highest BCUT2D eigenvalue weighted by Gasteiger charge is 2.20. The molecule has 21 heavy (non-hydrogen) atoms. The molecule has 0 saturated carbocycles. The Hall–Kier alpha value is -2.75. The molecule has 0 bridgehead atoms. The first-order valence-electron chi connectivity index (χ1n) is 6.96. The normalized spacial score (nSPS) is 13.1. The van der Waals surface area contributed by atoms with Crippen LogP contribution in [0.4, 0.5) is 5.69 Å². The van der Waals surface area contributed by atoms with Crippen LogP contribution in [0.25, 0.3) is 17.1 Å². The van der Waals surface area contributed by atoms with E-state index in [1.54, 1.807) is 0 Å². The molecule has 0 amide bonds. The van der Waals surface area contributed by atoms with Gasteiger partial charge in [0.25, 0.3) is 0 Å². The number of rotatable bonds is 1. The molecule has 2 aromatic carbocycles. The third kappa shape index (κ3) is 1.96. The molecule has 1 aromatic heterocycles. The van der Waals surface area contributed by atoms with Crippen molar-refractivity contribution in [3.63, 3.8) is 0 Å². The second-order valence-electron chi connectivity index (χ2n) is 5.15. The van der Waals surface area contributed by atoms with Crippen LogP contribution in [0, 0.1) is 0 Å². The van der Waals surface area contributed by atoms with Gasteiger partial charge in [-0.05, 0) is 19.1 Å². The molecule has 0 N–H and O–H groups in total. The molecule has 4 heteroatoms. The summed E-state index contributed by atoms with van der Waals surface area (Å²) in [6, 6.07) is 18.3. The lowest BCUT2D eigenvalue weighted by Crippen LogP contribution is -2.04. The molecular weight excluding hydrogens is 260 g/mol. The lowest BCUT2D eigenvalue weighted by atomic mass is 10.2. The van der Waals surface area contributed by atoms with Gasteiger partial charge in [0.15, 0.2) is 5.82 Å². The van der Waals surface area contributed by atoms with Crippen molar-refractivity contribution >= 4 is 11.4 Å². The van der Waals surface area contributed by atoms with E-state index in [4.69, 9.17) is 0 Å². The maximum absolute atomic E-state index is 4.69. The van der Waals surface area contributed by atoms with Crippen molar-refractivity contribution in [1.29, 1.82) is 0 Å². The van der Waals surface area contributed by atoms with E-state index in [9.17, 15) is 0 Å². The number of hydrogen-bond donors (Lipinski definition) is 0. The zero-order valence-corrected chi connectivity index (χ0v) is 11.7. The third-order valence-corrected chi connectivity index (χ3v) is 3.61. The van der Waals surface area contributed by atoms with Crippen molar-refractivity contribution in [3.05, 3.63) is 60.4 Å². The standard InChI is InChI=1S/C17H14N4/c1-12-11-16-19-20-17(13-7-3-2-4-8-13)21(16)15-10-6-5-9-14(15)18-12/h2-10H,11H2,1H3. The molecule has 102 valence electrons. The van der Waals surface area contributed by atoms with Crippen molar-refractivity contribution < 1.29 is 0 Å². The van der Waals surface area contributed by atoms with Crippen LogP contribution in [-0.4, -0.2) is 20.5 Å². The highest BCUT2D eigenvalue weighted by atomic mass is 15.3. The molecule has 0 radical (unpaired) electrons. The maximum atomic E-state index is 4.69.